The van der Waals surface area contributed by atoms with Gasteiger partial charge in [0.05, 0.1) is 28.7 Å². The van der Waals surface area contributed by atoms with E-state index in [-0.39, 0.29) is 24.0 Å². The fourth-order valence-corrected chi connectivity index (χ4v) is 1.99. The molecule has 0 saturated carbocycles. The summed E-state index contributed by atoms with van der Waals surface area (Å²) in [5.41, 5.74) is 5.53. The molecular formula is C14H16ClF3N4O. The number of alkyl halides is 3. The third-order valence-corrected chi connectivity index (χ3v) is 3.10. The Balaban J connectivity index is 0.00000264. The van der Waals surface area contributed by atoms with E-state index in [1.165, 1.54) is 23.0 Å². The van der Waals surface area contributed by atoms with E-state index in [0.29, 0.717) is 24.3 Å². The summed E-state index contributed by atoms with van der Waals surface area (Å²) in [5.74, 6) is -0.360. The third kappa shape index (κ3) is 4.23. The van der Waals surface area contributed by atoms with Crippen LogP contribution in [0, 0.1) is 6.92 Å². The van der Waals surface area contributed by atoms with Gasteiger partial charge in [-0.15, -0.1) is 12.4 Å². The molecule has 0 unspecified atom stereocenters. The van der Waals surface area contributed by atoms with E-state index < -0.39 is 11.7 Å². The minimum Gasteiger partial charge on any atom is -0.351 e. The Bertz CT molecular complexity index is 685. The Kier molecular flexibility index (Phi) is 6.17. The third-order valence-electron chi connectivity index (χ3n) is 3.10. The van der Waals surface area contributed by atoms with E-state index in [1.54, 1.807) is 6.92 Å². The number of amides is 1. The van der Waals surface area contributed by atoms with Crippen molar-refractivity contribution >= 4 is 18.3 Å². The quantitative estimate of drug-likeness (QED) is 0.890. The number of halogens is 4. The van der Waals surface area contributed by atoms with Crippen molar-refractivity contribution in [3.8, 4) is 5.69 Å². The second kappa shape index (κ2) is 7.47. The van der Waals surface area contributed by atoms with Gasteiger partial charge in [-0.1, -0.05) is 6.07 Å². The molecule has 2 rings (SSSR count). The summed E-state index contributed by atoms with van der Waals surface area (Å²) in [5, 5.41) is 6.59. The van der Waals surface area contributed by atoms with Crippen LogP contribution in [0.4, 0.5) is 13.2 Å². The Morgan fingerprint density at radius 1 is 1.39 bits per heavy atom. The molecule has 1 heterocycles. The van der Waals surface area contributed by atoms with Crippen molar-refractivity contribution in [3.63, 3.8) is 0 Å². The first-order valence-electron chi connectivity index (χ1n) is 6.55. The number of hydrogen-bond acceptors (Lipinski definition) is 3. The molecule has 0 aliphatic carbocycles. The van der Waals surface area contributed by atoms with Crippen LogP contribution in [-0.2, 0) is 6.18 Å². The van der Waals surface area contributed by atoms with Gasteiger partial charge < -0.3 is 11.1 Å². The molecule has 0 spiro atoms. The van der Waals surface area contributed by atoms with Crippen LogP contribution in [-0.4, -0.2) is 28.8 Å². The summed E-state index contributed by atoms with van der Waals surface area (Å²) in [7, 11) is 0. The fourth-order valence-electron chi connectivity index (χ4n) is 1.99. The highest BCUT2D eigenvalue weighted by atomic mass is 35.5. The summed E-state index contributed by atoms with van der Waals surface area (Å²) in [6.45, 7) is 2.23. The monoisotopic (exact) mass is 348 g/mol. The van der Waals surface area contributed by atoms with E-state index in [1.807, 2.05) is 0 Å². The van der Waals surface area contributed by atoms with Gasteiger partial charge in [-0.05, 0) is 25.1 Å². The smallest absolute Gasteiger partial charge is 0.351 e. The van der Waals surface area contributed by atoms with Gasteiger partial charge in [0.2, 0.25) is 0 Å². The van der Waals surface area contributed by atoms with E-state index >= 15 is 0 Å². The molecule has 1 aromatic heterocycles. The second-order valence-corrected chi connectivity index (χ2v) is 4.65. The van der Waals surface area contributed by atoms with Crippen LogP contribution in [0.1, 0.15) is 21.6 Å². The maximum absolute atomic E-state index is 12.8. The molecule has 126 valence electrons. The molecule has 5 nitrogen and oxygen atoms in total. The second-order valence-electron chi connectivity index (χ2n) is 4.65. The van der Waals surface area contributed by atoms with Gasteiger partial charge in [0, 0.05) is 13.1 Å². The van der Waals surface area contributed by atoms with Gasteiger partial charge in [-0.2, -0.15) is 18.3 Å². The summed E-state index contributed by atoms with van der Waals surface area (Å²) in [4.78, 5) is 11.9. The lowest BCUT2D eigenvalue weighted by atomic mass is 10.2. The average Bonchev–Trinajstić information content (AvgIpc) is 2.86. The summed E-state index contributed by atoms with van der Waals surface area (Å²) < 4.78 is 39.6. The summed E-state index contributed by atoms with van der Waals surface area (Å²) >= 11 is 0. The summed E-state index contributed by atoms with van der Waals surface area (Å²) in [6.07, 6.45) is -3.11. The SMILES string of the molecule is Cc1c(C(=O)NCCN)cnn1-c1cccc(C(F)(F)F)c1.Cl. The lowest BCUT2D eigenvalue weighted by molar-refractivity contribution is -0.137. The van der Waals surface area contributed by atoms with Crippen molar-refractivity contribution in [1.29, 1.82) is 0 Å². The molecule has 0 atom stereocenters. The van der Waals surface area contributed by atoms with Crippen molar-refractivity contribution in [1.82, 2.24) is 15.1 Å². The molecule has 0 saturated heterocycles. The van der Waals surface area contributed by atoms with Gasteiger partial charge >= 0.3 is 6.18 Å². The topological polar surface area (TPSA) is 72.9 Å². The van der Waals surface area contributed by atoms with Crippen LogP contribution < -0.4 is 11.1 Å². The van der Waals surface area contributed by atoms with Crippen molar-refractivity contribution in [2.24, 2.45) is 5.73 Å². The van der Waals surface area contributed by atoms with Crippen LogP contribution in [0.15, 0.2) is 30.5 Å². The van der Waals surface area contributed by atoms with Crippen LogP contribution in [0.3, 0.4) is 0 Å². The lowest BCUT2D eigenvalue weighted by Crippen LogP contribution is -2.29. The molecule has 1 amide bonds. The number of nitrogens with one attached hydrogen (secondary N) is 1. The zero-order valence-corrected chi connectivity index (χ0v) is 13.0. The van der Waals surface area contributed by atoms with E-state index in [2.05, 4.69) is 10.4 Å². The van der Waals surface area contributed by atoms with Crippen LogP contribution in [0.25, 0.3) is 5.69 Å². The normalized spacial score (nSPS) is 11.0. The van der Waals surface area contributed by atoms with Gasteiger partial charge in [-0.25, -0.2) is 4.68 Å². The first kappa shape index (κ1) is 19.0. The van der Waals surface area contributed by atoms with Crippen LogP contribution >= 0.6 is 12.4 Å². The Labute approximate surface area is 137 Å². The number of rotatable bonds is 4. The molecular weight excluding hydrogens is 333 g/mol. The van der Waals surface area contributed by atoms with E-state index in [0.717, 1.165) is 12.1 Å². The van der Waals surface area contributed by atoms with Crippen molar-refractivity contribution in [2.75, 3.05) is 13.1 Å². The fraction of sp³-hybridized carbons (Fsp3) is 0.286. The number of aromatic nitrogens is 2. The standard InChI is InChI=1S/C14H15F3N4O.ClH/c1-9-12(13(22)19-6-5-18)8-20-21(9)11-4-2-3-10(7-11)14(15,16)17;/h2-4,7-8H,5-6,18H2,1H3,(H,19,22);1H. The Morgan fingerprint density at radius 3 is 2.70 bits per heavy atom. The molecule has 0 radical (unpaired) electrons. The maximum atomic E-state index is 12.8. The highest BCUT2D eigenvalue weighted by Crippen LogP contribution is 2.30. The first-order chi connectivity index (χ1) is 10.3. The van der Waals surface area contributed by atoms with Gasteiger partial charge in [-0.3, -0.25) is 4.79 Å². The zero-order chi connectivity index (χ0) is 16.3. The Hall–Kier alpha value is -2.06. The molecule has 1 aromatic carbocycles. The molecule has 0 bridgehead atoms. The molecule has 0 aliphatic heterocycles. The van der Waals surface area contributed by atoms with Gasteiger partial charge in [0.15, 0.2) is 0 Å². The van der Waals surface area contributed by atoms with E-state index in [4.69, 9.17) is 5.73 Å². The lowest BCUT2D eigenvalue weighted by Gasteiger charge is -2.10. The molecule has 23 heavy (non-hydrogen) atoms. The van der Waals surface area contributed by atoms with Crippen molar-refractivity contribution < 1.29 is 18.0 Å². The van der Waals surface area contributed by atoms with Gasteiger partial charge in [0.1, 0.15) is 0 Å². The summed E-state index contributed by atoms with van der Waals surface area (Å²) in [6, 6.07) is 4.77. The zero-order valence-electron chi connectivity index (χ0n) is 12.2. The number of carbonyl (C=O) groups excluding carboxylic acids is 1. The van der Waals surface area contributed by atoms with Gasteiger partial charge in [0.25, 0.3) is 5.91 Å². The Morgan fingerprint density at radius 2 is 2.09 bits per heavy atom. The highest BCUT2D eigenvalue weighted by Gasteiger charge is 2.30. The van der Waals surface area contributed by atoms with Crippen LogP contribution in [0.5, 0.6) is 0 Å². The average molecular weight is 349 g/mol. The molecule has 2 aromatic rings. The first-order valence-corrected chi connectivity index (χ1v) is 6.55. The highest BCUT2D eigenvalue weighted by molar-refractivity contribution is 5.95. The minimum absolute atomic E-state index is 0. The van der Waals surface area contributed by atoms with Crippen molar-refractivity contribution in [2.45, 2.75) is 13.1 Å². The minimum atomic E-state index is -4.43. The number of carbonyl (C=O) groups is 1. The number of hydrogen-bond donors (Lipinski definition) is 2. The molecule has 9 heteroatoms. The van der Waals surface area contributed by atoms with Crippen molar-refractivity contribution in [3.05, 3.63) is 47.3 Å². The number of nitrogens with two attached hydrogens (primary N) is 1. The molecule has 3 N–H and O–H groups in total. The van der Waals surface area contributed by atoms with E-state index in [9.17, 15) is 18.0 Å². The predicted octanol–water partition coefficient (Wildman–Crippen LogP) is 2.31. The molecule has 0 fully saturated rings. The van der Waals surface area contributed by atoms with Crippen LogP contribution in [0.2, 0.25) is 0 Å². The maximum Gasteiger partial charge on any atom is 0.416 e. The predicted molar refractivity (Wildman–Crippen MR) is 81.9 cm³/mol. The number of benzene rings is 1. The number of nitrogens with zero attached hydrogens (tertiary/aromatic N) is 2. The molecule has 0 aliphatic rings. The largest absolute Gasteiger partial charge is 0.416 e.